The lowest BCUT2D eigenvalue weighted by atomic mass is 10.2. The largest absolute Gasteiger partial charge is 0.465 e. The number of thiophene rings is 1. The fourth-order valence-corrected chi connectivity index (χ4v) is 4.54. The van der Waals surface area contributed by atoms with E-state index in [2.05, 4.69) is 10.2 Å². The summed E-state index contributed by atoms with van der Waals surface area (Å²) in [6, 6.07) is 9.84. The molecule has 0 saturated carbocycles. The van der Waals surface area contributed by atoms with Crippen molar-refractivity contribution >= 4 is 46.4 Å². The molecule has 2 heterocycles. The maximum Gasteiger partial charge on any atom is 0.407 e. The summed E-state index contributed by atoms with van der Waals surface area (Å²) in [6.07, 6.45) is -1.02. The van der Waals surface area contributed by atoms with Crippen LogP contribution in [0, 0.1) is 5.41 Å². The molecule has 144 valence electrons. The lowest BCUT2D eigenvalue weighted by Gasteiger charge is -2.32. The van der Waals surface area contributed by atoms with Gasteiger partial charge in [0.25, 0.3) is 0 Å². The summed E-state index contributed by atoms with van der Waals surface area (Å²) >= 11 is 3.29. The van der Waals surface area contributed by atoms with E-state index in [9.17, 15) is 9.90 Å². The minimum absolute atomic E-state index is 0.115. The van der Waals surface area contributed by atoms with E-state index in [1.54, 1.807) is 11.8 Å². The number of nitrogens with one attached hydrogen (secondary N) is 2. The van der Waals surface area contributed by atoms with Crippen LogP contribution in [-0.4, -0.2) is 65.6 Å². The molecule has 27 heavy (non-hydrogen) atoms. The molecule has 4 N–H and O–H groups in total. The predicted octanol–water partition coefficient (Wildman–Crippen LogP) is 3.07. The van der Waals surface area contributed by atoms with E-state index in [-0.39, 0.29) is 13.2 Å². The van der Waals surface area contributed by atoms with E-state index >= 15 is 0 Å². The molecular weight excluding hydrogens is 384 g/mol. The summed E-state index contributed by atoms with van der Waals surface area (Å²) in [5.41, 5.74) is 1.88. The number of benzene rings is 1. The van der Waals surface area contributed by atoms with Crippen LogP contribution in [0.4, 0.5) is 16.2 Å². The second kappa shape index (κ2) is 9.12. The van der Waals surface area contributed by atoms with Gasteiger partial charge in [-0.1, -0.05) is 6.07 Å². The molecular formula is C18H22N4O3S2. The number of anilines is 2. The molecule has 1 aromatic heterocycles. The van der Waals surface area contributed by atoms with Gasteiger partial charge in [-0.3, -0.25) is 5.41 Å². The molecule has 3 rings (SSSR count). The highest BCUT2D eigenvalue weighted by Gasteiger charge is 2.20. The van der Waals surface area contributed by atoms with Crippen molar-refractivity contribution in [3.05, 3.63) is 40.6 Å². The van der Waals surface area contributed by atoms with Crippen molar-refractivity contribution in [1.82, 2.24) is 4.90 Å². The minimum Gasteiger partial charge on any atom is -0.465 e. The van der Waals surface area contributed by atoms with E-state index in [4.69, 9.17) is 10.5 Å². The van der Waals surface area contributed by atoms with Crippen molar-refractivity contribution in [3.63, 3.8) is 0 Å². The fourth-order valence-electron chi connectivity index (χ4n) is 2.87. The maximum atomic E-state index is 11.3. The van der Waals surface area contributed by atoms with Gasteiger partial charge in [0.15, 0.2) is 0 Å². The van der Waals surface area contributed by atoms with Crippen molar-refractivity contribution < 1.29 is 15.0 Å². The van der Waals surface area contributed by atoms with Crippen molar-refractivity contribution in [1.29, 1.82) is 5.41 Å². The average Bonchev–Trinajstić information content (AvgIpc) is 3.20. The molecule has 0 saturated heterocycles. The third kappa shape index (κ3) is 4.94. The summed E-state index contributed by atoms with van der Waals surface area (Å²) < 4.78 is 0. The van der Waals surface area contributed by atoms with Crippen LogP contribution < -0.4 is 10.2 Å². The Bertz CT molecular complexity index is 798. The number of aliphatic hydroxyl groups excluding tert-OH is 1. The van der Waals surface area contributed by atoms with Crippen molar-refractivity contribution in [3.8, 4) is 0 Å². The van der Waals surface area contributed by atoms with Crippen LogP contribution in [0.1, 0.15) is 4.88 Å². The van der Waals surface area contributed by atoms with Gasteiger partial charge in [-0.2, -0.15) is 0 Å². The van der Waals surface area contributed by atoms with Gasteiger partial charge in [0.05, 0.1) is 17.2 Å². The third-order valence-corrected chi connectivity index (χ3v) is 6.17. The van der Waals surface area contributed by atoms with Gasteiger partial charge in [-0.05, 0) is 29.6 Å². The Kier molecular flexibility index (Phi) is 6.59. The zero-order chi connectivity index (χ0) is 19.2. The molecule has 7 nitrogen and oxygen atoms in total. The Morgan fingerprint density at radius 3 is 2.89 bits per heavy atom. The van der Waals surface area contributed by atoms with Gasteiger partial charge in [0, 0.05) is 42.5 Å². The van der Waals surface area contributed by atoms with Crippen LogP contribution in [0.5, 0.6) is 0 Å². The monoisotopic (exact) mass is 406 g/mol. The minimum atomic E-state index is -1.02. The summed E-state index contributed by atoms with van der Waals surface area (Å²) in [5, 5.41) is 31.5. The number of hydrogen-bond donors (Lipinski definition) is 4. The Balaban J connectivity index is 1.71. The molecule has 0 radical (unpaired) electrons. The van der Waals surface area contributed by atoms with Gasteiger partial charge in [-0.15, -0.1) is 23.1 Å². The average molecular weight is 407 g/mol. The maximum absolute atomic E-state index is 11.3. The first-order valence-corrected chi connectivity index (χ1v) is 10.4. The molecule has 1 aromatic carbocycles. The number of carboxylic acid groups (broad SMARTS) is 1. The predicted molar refractivity (Wildman–Crippen MR) is 111 cm³/mol. The highest BCUT2D eigenvalue weighted by atomic mass is 32.2. The van der Waals surface area contributed by atoms with E-state index in [0.717, 1.165) is 33.4 Å². The molecule has 0 aliphatic carbocycles. The van der Waals surface area contributed by atoms with Gasteiger partial charge >= 0.3 is 6.09 Å². The van der Waals surface area contributed by atoms with Crippen LogP contribution in [0.25, 0.3) is 0 Å². The number of nitrogens with zero attached hydrogens (tertiary/aromatic N) is 2. The number of amidine groups is 1. The summed E-state index contributed by atoms with van der Waals surface area (Å²) in [6.45, 7) is 1.66. The fraction of sp³-hybridized carbons (Fsp3) is 0.333. The number of carbonyl (C=O) groups is 1. The molecule has 9 heteroatoms. The lowest BCUT2D eigenvalue weighted by Crippen LogP contribution is -2.41. The number of amides is 1. The van der Waals surface area contributed by atoms with Crippen molar-refractivity contribution in [2.45, 2.75) is 4.90 Å². The highest BCUT2D eigenvalue weighted by Crippen LogP contribution is 2.36. The molecule has 0 spiro atoms. The standard InChI is InChI=1S/C18H22N4O3S2/c19-17(16-2-1-10-26-16)20-13-3-4-15-14(12-13)21(8-11-27-15)5-6-22(7-9-23)18(24)25/h1-4,10,12,23H,5-9,11H2,(H2,19,20)(H,24,25). The van der Waals surface area contributed by atoms with E-state index < -0.39 is 6.09 Å². The van der Waals surface area contributed by atoms with Gasteiger partial charge in [-0.25, -0.2) is 4.79 Å². The number of fused-ring (bicyclic) bond motifs is 1. The molecule has 0 unspecified atom stereocenters. The Morgan fingerprint density at radius 1 is 1.33 bits per heavy atom. The Labute approximate surface area is 166 Å². The van der Waals surface area contributed by atoms with Gasteiger partial charge in [0.1, 0.15) is 5.84 Å². The molecule has 0 atom stereocenters. The first kappa shape index (κ1) is 19.5. The smallest absolute Gasteiger partial charge is 0.407 e. The molecule has 1 aliphatic rings. The Hall–Kier alpha value is -2.23. The number of hydrogen-bond acceptors (Lipinski definition) is 6. The topological polar surface area (TPSA) is 99.9 Å². The number of rotatable bonds is 7. The van der Waals surface area contributed by atoms with Crippen molar-refractivity contribution in [2.75, 3.05) is 48.8 Å². The number of thioether (sulfide) groups is 1. The van der Waals surface area contributed by atoms with Crippen LogP contribution in [-0.2, 0) is 0 Å². The first-order valence-electron chi connectivity index (χ1n) is 8.58. The summed E-state index contributed by atoms with van der Waals surface area (Å²) in [7, 11) is 0. The normalized spacial score (nSPS) is 13.1. The van der Waals surface area contributed by atoms with Gasteiger partial charge < -0.3 is 25.3 Å². The molecule has 0 fully saturated rings. The SMILES string of the molecule is N=C(Nc1ccc2c(c1)N(CCN(CCO)C(=O)O)CCS2)c1cccs1. The lowest BCUT2D eigenvalue weighted by molar-refractivity contribution is 0.133. The van der Waals surface area contributed by atoms with E-state index in [1.807, 2.05) is 35.7 Å². The zero-order valence-corrected chi connectivity index (χ0v) is 16.4. The zero-order valence-electron chi connectivity index (χ0n) is 14.7. The quantitative estimate of drug-likeness (QED) is 0.417. The second-order valence-electron chi connectivity index (χ2n) is 5.99. The molecule has 2 aromatic rings. The van der Waals surface area contributed by atoms with E-state index in [1.165, 1.54) is 16.2 Å². The van der Waals surface area contributed by atoms with Crippen LogP contribution in [0.2, 0.25) is 0 Å². The van der Waals surface area contributed by atoms with Crippen LogP contribution in [0.3, 0.4) is 0 Å². The van der Waals surface area contributed by atoms with Crippen molar-refractivity contribution in [2.24, 2.45) is 0 Å². The highest BCUT2D eigenvalue weighted by molar-refractivity contribution is 7.99. The molecule has 1 amide bonds. The van der Waals surface area contributed by atoms with Crippen LogP contribution in [0.15, 0.2) is 40.6 Å². The molecule has 0 bridgehead atoms. The Morgan fingerprint density at radius 2 is 2.19 bits per heavy atom. The second-order valence-corrected chi connectivity index (χ2v) is 8.07. The summed E-state index contributed by atoms with van der Waals surface area (Å²) in [5.74, 6) is 1.30. The first-order chi connectivity index (χ1) is 13.1. The van der Waals surface area contributed by atoms with Gasteiger partial charge in [0.2, 0.25) is 0 Å². The van der Waals surface area contributed by atoms with E-state index in [0.29, 0.717) is 18.9 Å². The third-order valence-electron chi connectivity index (χ3n) is 4.24. The van der Waals surface area contributed by atoms with Crippen LogP contribution >= 0.6 is 23.1 Å². The number of aliphatic hydroxyl groups is 1. The molecule has 1 aliphatic heterocycles. The summed E-state index contributed by atoms with van der Waals surface area (Å²) in [4.78, 5) is 16.7.